The molecule has 32 heavy (non-hydrogen) atoms. The van der Waals surface area contributed by atoms with Gasteiger partial charge in [-0.3, -0.25) is 0 Å². The minimum absolute atomic E-state index is 0.223. The molecule has 0 fully saturated rings. The van der Waals surface area contributed by atoms with Crippen LogP contribution in [-0.2, 0) is 13.0 Å². The van der Waals surface area contributed by atoms with Gasteiger partial charge in [0.25, 0.3) is 0 Å². The fourth-order valence-electron chi connectivity index (χ4n) is 4.23. The van der Waals surface area contributed by atoms with Gasteiger partial charge in [0, 0.05) is 17.7 Å². The summed E-state index contributed by atoms with van der Waals surface area (Å²) in [5.41, 5.74) is 7.50. The second-order valence-corrected chi connectivity index (χ2v) is 8.01. The molecule has 0 aliphatic rings. The minimum atomic E-state index is -0.973. The van der Waals surface area contributed by atoms with Crippen molar-refractivity contribution >= 4 is 28.2 Å². The molecule has 7 heteroatoms. The van der Waals surface area contributed by atoms with E-state index in [1.54, 1.807) is 18.2 Å². The molecule has 0 amide bonds. The predicted octanol–water partition coefficient (Wildman–Crippen LogP) is 4.90. The molecule has 0 aliphatic carbocycles. The minimum Gasteiger partial charge on any atom is -0.478 e. The van der Waals surface area contributed by atoms with E-state index in [1.165, 1.54) is 0 Å². The number of benzene rings is 2. The molecular weight excluding hydrogens is 402 g/mol. The summed E-state index contributed by atoms with van der Waals surface area (Å²) < 4.78 is 2.17. The van der Waals surface area contributed by atoms with Gasteiger partial charge in [-0.1, -0.05) is 31.2 Å². The Morgan fingerprint density at radius 2 is 1.88 bits per heavy atom. The lowest BCUT2D eigenvalue weighted by molar-refractivity contribution is 0.0697. The first-order chi connectivity index (χ1) is 15.4. The average molecular weight is 425 g/mol. The van der Waals surface area contributed by atoms with Crippen LogP contribution in [0, 0.1) is 13.8 Å². The lowest BCUT2D eigenvalue weighted by Gasteiger charge is -2.08. The number of aromatic nitrogens is 5. The van der Waals surface area contributed by atoms with E-state index in [1.807, 2.05) is 25.1 Å². The molecule has 3 heterocycles. The molecule has 5 aromatic rings. The van der Waals surface area contributed by atoms with E-state index in [0.29, 0.717) is 17.9 Å². The molecule has 0 saturated carbocycles. The third kappa shape index (κ3) is 3.32. The monoisotopic (exact) mass is 425 g/mol. The van der Waals surface area contributed by atoms with Crippen molar-refractivity contribution in [2.75, 3.05) is 0 Å². The summed E-state index contributed by atoms with van der Waals surface area (Å²) in [4.78, 5) is 29.1. The summed E-state index contributed by atoms with van der Waals surface area (Å²) in [7, 11) is 0. The highest BCUT2D eigenvalue weighted by Gasteiger charge is 2.16. The number of H-pyrrole nitrogens is 1. The van der Waals surface area contributed by atoms with Gasteiger partial charge in [0.1, 0.15) is 17.2 Å². The summed E-state index contributed by atoms with van der Waals surface area (Å²) >= 11 is 0. The number of carbonyl (C=O) groups is 1. The maximum absolute atomic E-state index is 11.6. The molecule has 160 valence electrons. The number of fused-ring (bicyclic) bond motifs is 2. The molecule has 2 N–H and O–H groups in total. The number of pyridine rings is 1. The Bertz CT molecular complexity index is 1500. The van der Waals surface area contributed by atoms with E-state index in [2.05, 4.69) is 40.5 Å². The molecule has 7 nitrogen and oxygen atoms in total. The largest absolute Gasteiger partial charge is 0.478 e. The zero-order valence-corrected chi connectivity index (χ0v) is 18.2. The van der Waals surface area contributed by atoms with E-state index < -0.39 is 5.97 Å². The second-order valence-electron chi connectivity index (χ2n) is 8.01. The van der Waals surface area contributed by atoms with E-state index in [0.717, 1.165) is 51.3 Å². The molecule has 0 spiro atoms. The number of hydrogen-bond acceptors (Lipinski definition) is 4. The highest BCUT2D eigenvalue weighted by Crippen LogP contribution is 2.26. The van der Waals surface area contributed by atoms with Crippen molar-refractivity contribution in [1.29, 1.82) is 0 Å². The van der Waals surface area contributed by atoms with Crippen LogP contribution in [-0.4, -0.2) is 35.6 Å². The van der Waals surface area contributed by atoms with Crippen molar-refractivity contribution in [1.82, 2.24) is 24.5 Å². The van der Waals surface area contributed by atoms with Gasteiger partial charge < -0.3 is 14.7 Å². The number of aromatic amines is 1. The first-order valence-corrected chi connectivity index (χ1v) is 10.6. The number of aryl methyl sites for hydroxylation is 3. The summed E-state index contributed by atoms with van der Waals surface area (Å²) in [5, 5.41) is 9.51. The molecule has 2 aromatic carbocycles. The molecule has 5 rings (SSSR count). The van der Waals surface area contributed by atoms with E-state index in [-0.39, 0.29) is 5.56 Å². The van der Waals surface area contributed by atoms with Crippen LogP contribution in [0.25, 0.3) is 33.6 Å². The molecule has 0 unspecified atom stereocenters. The Balaban J connectivity index is 1.57. The molecular formula is C25H23N5O2. The van der Waals surface area contributed by atoms with Gasteiger partial charge in [-0.2, -0.15) is 0 Å². The number of nitrogens with one attached hydrogen (secondary N) is 1. The Hall–Kier alpha value is -4.00. The predicted molar refractivity (Wildman–Crippen MR) is 124 cm³/mol. The average Bonchev–Trinajstić information content (AvgIpc) is 3.35. The number of carboxylic acids is 1. The highest BCUT2D eigenvalue weighted by molar-refractivity contribution is 5.96. The maximum atomic E-state index is 11.6. The summed E-state index contributed by atoms with van der Waals surface area (Å²) in [6.45, 7) is 6.82. The quantitative estimate of drug-likeness (QED) is 0.417. The molecule has 0 bridgehead atoms. The normalized spacial score (nSPS) is 11.5. The van der Waals surface area contributed by atoms with Crippen LogP contribution < -0.4 is 0 Å². The van der Waals surface area contributed by atoms with E-state index in [9.17, 15) is 9.90 Å². The van der Waals surface area contributed by atoms with Crippen LogP contribution in [0.15, 0.2) is 48.5 Å². The fourth-order valence-corrected chi connectivity index (χ4v) is 4.23. The first-order valence-electron chi connectivity index (χ1n) is 10.6. The summed E-state index contributed by atoms with van der Waals surface area (Å²) in [6.07, 6.45) is 0.817. The zero-order chi connectivity index (χ0) is 22.4. The Kier molecular flexibility index (Phi) is 4.74. The maximum Gasteiger partial charge on any atom is 0.336 e. The number of aromatic carboxylic acids is 1. The standard InChI is InChI=1S/C25H23N5O2/c1-4-21-29-22-14(2)11-15(3)26-24(22)30(21)13-16-9-10-19-20(12-16)28-23(27-19)17-7-5-6-8-18(17)25(31)32/h5-12H,4,13H2,1-3H3,(H,27,28)(H,31,32). The van der Waals surface area contributed by atoms with Crippen LogP contribution in [0.2, 0.25) is 0 Å². The number of hydrogen-bond donors (Lipinski definition) is 2. The van der Waals surface area contributed by atoms with Crippen molar-refractivity contribution < 1.29 is 9.90 Å². The van der Waals surface area contributed by atoms with Crippen LogP contribution in [0.5, 0.6) is 0 Å². The van der Waals surface area contributed by atoms with Gasteiger partial charge in [-0.15, -0.1) is 0 Å². The SMILES string of the molecule is CCc1nc2c(C)cc(C)nc2n1Cc1ccc2nc(-c3ccccc3C(=O)O)[nH]c2c1. The molecule has 0 aliphatic heterocycles. The smallest absolute Gasteiger partial charge is 0.336 e. The lowest BCUT2D eigenvalue weighted by atomic mass is 10.1. The molecule has 3 aromatic heterocycles. The van der Waals surface area contributed by atoms with Crippen molar-refractivity contribution in [3.63, 3.8) is 0 Å². The summed E-state index contributed by atoms with van der Waals surface area (Å²) in [5.74, 6) is 0.575. The van der Waals surface area contributed by atoms with Crippen molar-refractivity contribution in [2.45, 2.75) is 33.7 Å². The Labute approximate surface area is 184 Å². The Morgan fingerprint density at radius 1 is 1.06 bits per heavy atom. The van der Waals surface area contributed by atoms with E-state index in [4.69, 9.17) is 9.97 Å². The summed E-state index contributed by atoms with van der Waals surface area (Å²) in [6, 6.07) is 15.0. The topological polar surface area (TPSA) is 96.7 Å². The third-order valence-electron chi connectivity index (χ3n) is 5.72. The molecule has 0 radical (unpaired) electrons. The van der Waals surface area contributed by atoms with Crippen LogP contribution in [0.4, 0.5) is 0 Å². The van der Waals surface area contributed by atoms with Crippen molar-refractivity contribution in [3.8, 4) is 11.4 Å². The van der Waals surface area contributed by atoms with Crippen LogP contribution >= 0.6 is 0 Å². The lowest BCUT2D eigenvalue weighted by Crippen LogP contribution is -2.05. The molecule has 0 atom stereocenters. The third-order valence-corrected chi connectivity index (χ3v) is 5.72. The number of carboxylic acid groups (broad SMARTS) is 1. The fraction of sp³-hybridized carbons (Fsp3) is 0.200. The van der Waals surface area contributed by atoms with Crippen LogP contribution in [0.3, 0.4) is 0 Å². The van der Waals surface area contributed by atoms with Gasteiger partial charge in [-0.05, 0) is 49.2 Å². The van der Waals surface area contributed by atoms with Gasteiger partial charge in [0.2, 0.25) is 0 Å². The molecule has 0 saturated heterocycles. The number of rotatable bonds is 5. The number of nitrogens with zero attached hydrogens (tertiary/aromatic N) is 4. The van der Waals surface area contributed by atoms with Gasteiger partial charge >= 0.3 is 5.97 Å². The number of imidazole rings is 2. The van der Waals surface area contributed by atoms with Crippen molar-refractivity contribution in [3.05, 3.63) is 76.7 Å². The van der Waals surface area contributed by atoms with Gasteiger partial charge in [0.05, 0.1) is 23.1 Å². The highest BCUT2D eigenvalue weighted by atomic mass is 16.4. The Morgan fingerprint density at radius 3 is 2.66 bits per heavy atom. The second kappa shape index (κ2) is 7.60. The van der Waals surface area contributed by atoms with Crippen molar-refractivity contribution in [2.24, 2.45) is 0 Å². The zero-order valence-electron chi connectivity index (χ0n) is 18.2. The van der Waals surface area contributed by atoms with E-state index >= 15 is 0 Å². The first kappa shape index (κ1) is 19.9. The van der Waals surface area contributed by atoms with Gasteiger partial charge in [0.15, 0.2) is 5.65 Å². The van der Waals surface area contributed by atoms with Gasteiger partial charge in [-0.25, -0.2) is 19.7 Å². The van der Waals surface area contributed by atoms with Crippen LogP contribution in [0.1, 0.15) is 39.9 Å².